The van der Waals surface area contributed by atoms with Gasteiger partial charge in [0, 0.05) is 10.9 Å². The van der Waals surface area contributed by atoms with Gasteiger partial charge in [-0.3, -0.25) is 5.32 Å². The van der Waals surface area contributed by atoms with E-state index in [4.69, 9.17) is 4.42 Å². The van der Waals surface area contributed by atoms with Crippen LogP contribution in [0.15, 0.2) is 76.5 Å². The molecule has 0 fully saturated rings. The minimum absolute atomic E-state index is 0.459. The maximum absolute atomic E-state index is 5.69. The molecule has 25 heavy (non-hydrogen) atoms. The standard InChI is InChI=1S/C20H13N3OS/c1-2-6-14-11-15(10-9-13(14)5-1)17-12-25-20(22-17)23-19-21-16-7-3-4-8-18(16)24-19/h1-12H,(H,21,22,23). The average Bonchev–Trinajstić information content (AvgIpc) is 3.28. The van der Waals surface area contributed by atoms with Gasteiger partial charge < -0.3 is 4.42 Å². The first kappa shape index (κ1) is 14.2. The molecule has 5 heteroatoms. The molecule has 0 saturated heterocycles. The molecule has 0 bridgehead atoms. The van der Waals surface area contributed by atoms with Gasteiger partial charge in [0.15, 0.2) is 10.7 Å². The van der Waals surface area contributed by atoms with Crippen molar-refractivity contribution in [2.24, 2.45) is 0 Å². The molecule has 0 amide bonds. The largest absolute Gasteiger partial charge is 0.423 e. The van der Waals surface area contributed by atoms with Crippen LogP contribution in [-0.4, -0.2) is 9.97 Å². The van der Waals surface area contributed by atoms with E-state index in [1.165, 1.54) is 22.1 Å². The molecule has 4 nitrogen and oxygen atoms in total. The van der Waals surface area contributed by atoms with Gasteiger partial charge in [-0.15, -0.1) is 11.3 Å². The molecule has 0 unspecified atom stereocenters. The van der Waals surface area contributed by atoms with E-state index in [0.717, 1.165) is 27.5 Å². The quantitative estimate of drug-likeness (QED) is 0.446. The van der Waals surface area contributed by atoms with Crippen molar-refractivity contribution in [1.82, 2.24) is 9.97 Å². The number of hydrogen-bond acceptors (Lipinski definition) is 5. The number of rotatable bonds is 3. The van der Waals surface area contributed by atoms with Crippen LogP contribution < -0.4 is 5.32 Å². The molecule has 1 N–H and O–H groups in total. The zero-order valence-electron chi connectivity index (χ0n) is 13.1. The minimum atomic E-state index is 0.459. The molecular formula is C20H13N3OS. The van der Waals surface area contributed by atoms with Crippen LogP contribution in [0, 0.1) is 0 Å². The van der Waals surface area contributed by atoms with Gasteiger partial charge in [0.1, 0.15) is 5.52 Å². The number of aromatic nitrogens is 2. The molecule has 3 aromatic carbocycles. The highest BCUT2D eigenvalue weighted by molar-refractivity contribution is 7.14. The molecule has 2 aromatic heterocycles. The number of para-hydroxylation sites is 2. The van der Waals surface area contributed by atoms with Gasteiger partial charge in [-0.25, -0.2) is 4.98 Å². The lowest BCUT2D eigenvalue weighted by molar-refractivity contribution is 0.623. The Morgan fingerprint density at radius 1 is 0.840 bits per heavy atom. The highest BCUT2D eigenvalue weighted by Gasteiger charge is 2.09. The fraction of sp³-hybridized carbons (Fsp3) is 0. The Bertz CT molecular complexity index is 1160. The van der Waals surface area contributed by atoms with Crippen molar-refractivity contribution in [1.29, 1.82) is 0 Å². The number of hydrogen-bond donors (Lipinski definition) is 1. The second kappa shape index (κ2) is 5.72. The lowest BCUT2D eigenvalue weighted by Gasteiger charge is -2.01. The van der Waals surface area contributed by atoms with E-state index in [9.17, 15) is 0 Å². The van der Waals surface area contributed by atoms with Crippen LogP contribution >= 0.6 is 11.3 Å². The van der Waals surface area contributed by atoms with Crippen molar-refractivity contribution in [3.8, 4) is 11.3 Å². The summed E-state index contributed by atoms with van der Waals surface area (Å²) in [6.45, 7) is 0. The molecule has 2 heterocycles. The van der Waals surface area contributed by atoms with Crippen molar-refractivity contribution in [2.75, 3.05) is 5.32 Å². The van der Waals surface area contributed by atoms with Gasteiger partial charge in [-0.1, -0.05) is 48.5 Å². The predicted octanol–water partition coefficient (Wildman–Crippen LogP) is 5.85. The topological polar surface area (TPSA) is 51.0 Å². The van der Waals surface area contributed by atoms with Crippen LogP contribution in [0.5, 0.6) is 0 Å². The Morgan fingerprint density at radius 3 is 2.60 bits per heavy atom. The molecule has 0 spiro atoms. The van der Waals surface area contributed by atoms with Crippen molar-refractivity contribution >= 4 is 44.4 Å². The number of benzene rings is 3. The Morgan fingerprint density at radius 2 is 1.68 bits per heavy atom. The second-order valence-corrected chi connectivity index (χ2v) is 6.57. The smallest absolute Gasteiger partial charge is 0.302 e. The molecular weight excluding hydrogens is 330 g/mol. The normalized spacial score (nSPS) is 11.2. The van der Waals surface area contributed by atoms with Crippen LogP contribution in [-0.2, 0) is 0 Å². The highest BCUT2D eigenvalue weighted by Crippen LogP contribution is 2.30. The van der Waals surface area contributed by atoms with Gasteiger partial charge in [-0.05, 0) is 29.0 Å². The Labute approximate surface area is 147 Å². The first-order chi connectivity index (χ1) is 12.3. The number of nitrogens with one attached hydrogen (secondary N) is 1. The van der Waals surface area contributed by atoms with E-state index in [1.54, 1.807) is 0 Å². The number of oxazole rings is 1. The molecule has 0 radical (unpaired) electrons. The molecule has 0 atom stereocenters. The van der Waals surface area contributed by atoms with Crippen molar-refractivity contribution in [3.05, 3.63) is 72.1 Å². The fourth-order valence-corrected chi connectivity index (χ4v) is 3.54. The average molecular weight is 343 g/mol. The van der Waals surface area contributed by atoms with E-state index >= 15 is 0 Å². The van der Waals surface area contributed by atoms with Gasteiger partial charge in [-0.2, -0.15) is 4.98 Å². The number of anilines is 2. The van der Waals surface area contributed by atoms with Crippen LogP contribution in [0.2, 0.25) is 0 Å². The van der Waals surface area contributed by atoms with Crippen molar-refractivity contribution in [2.45, 2.75) is 0 Å². The summed E-state index contributed by atoms with van der Waals surface area (Å²) < 4.78 is 5.69. The van der Waals surface area contributed by atoms with E-state index in [-0.39, 0.29) is 0 Å². The SMILES string of the molecule is c1ccc2cc(-c3csc(Nc4nc5ccccc5o4)n3)ccc2c1. The Balaban J connectivity index is 1.45. The third kappa shape index (κ3) is 2.64. The van der Waals surface area contributed by atoms with E-state index in [0.29, 0.717) is 6.01 Å². The van der Waals surface area contributed by atoms with E-state index in [2.05, 4.69) is 45.6 Å². The zero-order chi connectivity index (χ0) is 16.6. The summed E-state index contributed by atoms with van der Waals surface area (Å²) in [7, 11) is 0. The fourth-order valence-electron chi connectivity index (χ4n) is 2.83. The summed E-state index contributed by atoms with van der Waals surface area (Å²) in [5.74, 6) is 0. The molecule has 5 aromatic rings. The van der Waals surface area contributed by atoms with Crippen LogP contribution in [0.4, 0.5) is 11.1 Å². The molecule has 0 aliphatic carbocycles. The van der Waals surface area contributed by atoms with Gasteiger partial charge >= 0.3 is 6.01 Å². The van der Waals surface area contributed by atoms with Crippen molar-refractivity contribution in [3.63, 3.8) is 0 Å². The minimum Gasteiger partial charge on any atom is -0.423 e. The highest BCUT2D eigenvalue weighted by atomic mass is 32.1. The molecule has 5 rings (SSSR count). The maximum atomic E-state index is 5.69. The Kier molecular flexibility index (Phi) is 3.24. The molecule has 0 aliphatic heterocycles. The molecule has 120 valence electrons. The van der Waals surface area contributed by atoms with Crippen LogP contribution in [0.1, 0.15) is 0 Å². The monoisotopic (exact) mass is 343 g/mol. The lowest BCUT2D eigenvalue weighted by Crippen LogP contribution is -1.89. The summed E-state index contributed by atoms with van der Waals surface area (Å²) >= 11 is 1.53. The molecule has 0 aliphatic rings. The third-order valence-corrected chi connectivity index (χ3v) is 4.81. The first-order valence-electron chi connectivity index (χ1n) is 7.92. The maximum Gasteiger partial charge on any atom is 0.302 e. The molecule has 0 saturated carbocycles. The predicted molar refractivity (Wildman–Crippen MR) is 102 cm³/mol. The summed E-state index contributed by atoms with van der Waals surface area (Å²) in [4.78, 5) is 9.08. The number of fused-ring (bicyclic) bond motifs is 2. The third-order valence-electron chi connectivity index (χ3n) is 4.06. The summed E-state index contributed by atoms with van der Waals surface area (Å²) in [6.07, 6.45) is 0. The van der Waals surface area contributed by atoms with Gasteiger partial charge in [0.2, 0.25) is 0 Å². The summed E-state index contributed by atoms with van der Waals surface area (Å²) in [6, 6.07) is 22.9. The van der Waals surface area contributed by atoms with Crippen LogP contribution in [0.25, 0.3) is 33.1 Å². The van der Waals surface area contributed by atoms with E-state index in [1.807, 2.05) is 41.8 Å². The zero-order valence-corrected chi connectivity index (χ0v) is 14.0. The lowest BCUT2D eigenvalue weighted by atomic mass is 10.1. The first-order valence-corrected chi connectivity index (χ1v) is 8.80. The van der Waals surface area contributed by atoms with Crippen LogP contribution in [0.3, 0.4) is 0 Å². The van der Waals surface area contributed by atoms with Gasteiger partial charge in [0.05, 0.1) is 5.69 Å². The summed E-state index contributed by atoms with van der Waals surface area (Å²) in [5, 5.41) is 8.38. The van der Waals surface area contributed by atoms with E-state index < -0.39 is 0 Å². The van der Waals surface area contributed by atoms with Crippen molar-refractivity contribution < 1.29 is 4.42 Å². The summed E-state index contributed by atoms with van der Waals surface area (Å²) in [5.41, 5.74) is 3.63. The number of thiazole rings is 1. The Hall–Kier alpha value is -3.18. The number of nitrogens with zero attached hydrogens (tertiary/aromatic N) is 2. The second-order valence-electron chi connectivity index (χ2n) is 5.71. The van der Waals surface area contributed by atoms with Gasteiger partial charge in [0.25, 0.3) is 0 Å².